The van der Waals surface area contributed by atoms with E-state index in [1.165, 1.54) is 12.4 Å². The number of carbonyl (C=O) groups excluding carboxylic acids is 1. The summed E-state index contributed by atoms with van der Waals surface area (Å²) in [6.07, 6.45) is 0.866. The quantitative estimate of drug-likeness (QED) is 0.391. The first kappa shape index (κ1) is 18.8. The van der Waals surface area contributed by atoms with Crippen LogP contribution in [0.4, 0.5) is 4.39 Å². The van der Waals surface area contributed by atoms with Crippen molar-refractivity contribution in [1.82, 2.24) is 10.4 Å². The van der Waals surface area contributed by atoms with Gasteiger partial charge in [0.05, 0.1) is 0 Å². The zero-order chi connectivity index (χ0) is 16.1. The fourth-order valence-corrected chi connectivity index (χ4v) is 2.32. The molecule has 8 heteroatoms. The van der Waals surface area contributed by atoms with Crippen LogP contribution in [-0.4, -0.2) is 55.6 Å². The summed E-state index contributed by atoms with van der Waals surface area (Å²) in [5, 5.41) is 8.66. The molecule has 1 amide bonds. The minimum Gasteiger partial charge on any atom is -0.302 e. The smallest absolute Gasteiger partial charge is 0.264 e. The van der Waals surface area contributed by atoms with Crippen LogP contribution in [0.5, 0.6) is 0 Å². The van der Waals surface area contributed by atoms with Gasteiger partial charge >= 0.3 is 0 Å². The monoisotopic (exact) mass is 308 g/mol. The maximum Gasteiger partial charge on any atom is 0.264 e. The molecule has 0 spiro atoms. The lowest BCUT2D eigenvalue weighted by molar-refractivity contribution is -0.131. The fraction of sp³-hybridized carbons (Fsp3) is 0.583. The van der Waals surface area contributed by atoms with E-state index < -0.39 is 26.3 Å². The third kappa shape index (κ3) is 4.69. The zero-order valence-corrected chi connectivity index (χ0v) is 12.8. The molecule has 0 aromatic carbocycles. The van der Waals surface area contributed by atoms with Crippen molar-refractivity contribution in [1.29, 1.82) is 0 Å². The van der Waals surface area contributed by atoms with Crippen LogP contribution in [0.25, 0.3) is 0 Å². The number of hydrogen-bond donors (Lipinski definition) is 2. The molecular formula is C12H21FN2O4S. The van der Waals surface area contributed by atoms with Crippen molar-refractivity contribution >= 4 is 15.7 Å². The summed E-state index contributed by atoms with van der Waals surface area (Å²) >= 11 is 0. The number of amides is 1. The maximum absolute atomic E-state index is 12.8. The van der Waals surface area contributed by atoms with Gasteiger partial charge in [0.25, 0.3) is 5.91 Å². The topological polar surface area (TPSA) is 86.7 Å². The number of hydrogen-bond acceptors (Lipinski definition) is 5. The van der Waals surface area contributed by atoms with Crippen molar-refractivity contribution < 1.29 is 22.8 Å². The molecule has 0 saturated heterocycles. The molecule has 2 N–H and O–H groups in total. The highest BCUT2D eigenvalue weighted by Gasteiger charge is 2.43. The van der Waals surface area contributed by atoms with E-state index >= 15 is 0 Å². The lowest BCUT2D eigenvalue weighted by Gasteiger charge is -2.27. The highest BCUT2D eigenvalue weighted by atomic mass is 32.2. The first-order chi connectivity index (χ1) is 8.95. The lowest BCUT2D eigenvalue weighted by Crippen LogP contribution is -2.50. The Labute approximate surface area is 118 Å². The van der Waals surface area contributed by atoms with Crippen LogP contribution >= 0.6 is 0 Å². The Bertz CT molecular complexity index is 504. The van der Waals surface area contributed by atoms with E-state index in [0.29, 0.717) is 0 Å². The summed E-state index contributed by atoms with van der Waals surface area (Å²) in [5.74, 6) is -1.64. The summed E-state index contributed by atoms with van der Waals surface area (Å²) in [6, 6.07) is 0. The van der Waals surface area contributed by atoms with Gasteiger partial charge < -0.3 is 4.90 Å². The van der Waals surface area contributed by atoms with Crippen LogP contribution in [0.3, 0.4) is 0 Å². The van der Waals surface area contributed by atoms with Crippen molar-refractivity contribution in [3.8, 4) is 0 Å². The second-order valence-corrected chi connectivity index (χ2v) is 7.39. The number of likely N-dealkylation sites (N-methyl/N-ethyl adjacent to an activating group) is 1. The highest BCUT2D eigenvalue weighted by Crippen LogP contribution is 2.22. The van der Waals surface area contributed by atoms with Crippen molar-refractivity contribution in [2.75, 3.05) is 26.4 Å². The minimum absolute atomic E-state index is 0.0548. The Morgan fingerprint density at radius 2 is 1.95 bits per heavy atom. The van der Waals surface area contributed by atoms with Gasteiger partial charge in [-0.05, 0) is 26.0 Å². The molecule has 20 heavy (non-hydrogen) atoms. The Kier molecular flexibility index (Phi) is 6.52. The standard InChI is InChI=1S/C12H21FN2O4S/c1-9(10(2)13)8-15(4)7-6-12(3,11(16)14-17)20(5,18)19/h17H,1-2,6-8H2,3-5H3,(H,14,16)/t12-/m1/s1. The second kappa shape index (κ2) is 6.96. The fourth-order valence-electron chi connectivity index (χ4n) is 1.48. The Morgan fingerprint density at radius 1 is 1.45 bits per heavy atom. The molecule has 0 aliphatic heterocycles. The molecule has 0 saturated carbocycles. The summed E-state index contributed by atoms with van der Waals surface area (Å²) in [6.45, 7) is 8.18. The van der Waals surface area contributed by atoms with E-state index in [9.17, 15) is 17.6 Å². The van der Waals surface area contributed by atoms with Gasteiger partial charge in [0, 0.05) is 19.3 Å². The summed E-state index contributed by atoms with van der Waals surface area (Å²) in [5.41, 5.74) is 1.55. The van der Waals surface area contributed by atoms with Gasteiger partial charge in [0.2, 0.25) is 0 Å². The lowest BCUT2D eigenvalue weighted by atomic mass is 10.1. The molecular weight excluding hydrogens is 287 g/mol. The number of carbonyl (C=O) groups is 1. The molecule has 1 atom stereocenters. The van der Waals surface area contributed by atoms with Gasteiger partial charge in [-0.3, -0.25) is 10.0 Å². The molecule has 116 valence electrons. The number of halogens is 1. The number of nitrogens with one attached hydrogen (secondary N) is 1. The molecule has 0 aromatic rings. The summed E-state index contributed by atoms with van der Waals surface area (Å²) in [4.78, 5) is 13.2. The van der Waals surface area contributed by atoms with Crippen LogP contribution in [0.1, 0.15) is 13.3 Å². The number of nitrogens with zero attached hydrogens (tertiary/aromatic N) is 1. The molecule has 0 radical (unpaired) electrons. The SMILES string of the molecule is C=C(F)C(=C)CN(C)CC[C@](C)(C(=O)NO)S(C)(=O)=O. The molecule has 6 nitrogen and oxygen atoms in total. The van der Waals surface area contributed by atoms with Gasteiger partial charge in [-0.2, -0.15) is 0 Å². The van der Waals surface area contributed by atoms with E-state index in [2.05, 4.69) is 13.2 Å². The maximum atomic E-state index is 12.8. The average molecular weight is 308 g/mol. The Balaban J connectivity index is 4.85. The number of sulfone groups is 1. The van der Waals surface area contributed by atoms with E-state index in [-0.39, 0.29) is 25.1 Å². The van der Waals surface area contributed by atoms with Crippen LogP contribution in [0.2, 0.25) is 0 Å². The predicted octanol–water partition coefficient (Wildman–Crippen LogP) is 0.656. The van der Waals surface area contributed by atoms with Gasteiger partial charge in [-0.1, -0.05) is 13.2 Å². The molecule has 0 aliphatic carbocycles. The molecule has 0 heterocycles. The average Bonchev–Trinajstić information content (AvgIpc) is 2.33. The van der Waals surface area contributed by atoms with Crippen molar-refractivity contribution in [2.45, 2.75) is 18.1 Å². The molecule has 0 bridgehead atoms. The van der Waals surface area contributed by atoms with Gasteiger partial charge in [0.1, 0.15) is 5.83 Å². The molecule has 0 fully saturated rings. The van der Waals surface area contributed by atoms with Gasteiger partial charge in [-0.25, -0.2) is 18.3 Å². The van der Waals surface area contributed by atoms with E-state index in [0.717, 1.165) is 6.26 Å². The number of hydroxylamine groups is 1. The Hall–Kier alpha value is -1.25. The first-order valence-electron chi connectivity index (χ1n) is 5.81. The first-order valence-corrected chi connectivity index (χ1v) is 7.70. The van der Waals surface area contributed by atoms with E-state index in [1.807, 2.05) is 0 Å². The largest absolute Gasteiger partial charge is 0.302 e. The van der Waals surface area contributed by atoms with Gasteiger partial charge in [0.15, 0.2) is 14.6 Å². The van der Waals surface area contributed by atoms with Crippen LogP contribution in [0, 0.1) is 0 Å². The predicted molar refractivity (Wildman–Crippen MR) is 74.7 cm³/mol. The molecule has 0 aliphatic rings. The van der Waals surface area contributed by atoms with Crippen LogP contribution in [-0.2, 0) is 14.6 Å². The van der Waals surface area contributed by atoms with Crippen molar-refractivity contribution in [2.24, 2.45) is 0 Å². The summed E-state index contributed by atoms with van der Waals surface area (Å²) < 4.78 is 34.5. The zero-order valence-electron chi connectivity index (χ0n) is 11.9. The normalized spacial score (nSPS) is 14.7. The molecule has 0 unspecified atom stereocenters. The highest BCUT2D eigenvalue weighted by molar-refractivity contribution is 7.92. The minimum atomic E-state index is -3.73. The van der Waals surface area contributed by atoms with Gasteiger partial charge in [-0.15, -0.1) is 0 Å². The number of rotatable bonds is 8. The van der Waals surface area contributed by atoms with Crippen molar-refractivity contribution in [3.05, 3.63) is 24.6 Å². The van der Waals surface area contributed by atoms with E-state index in [4.69, 9.17) is 5.21 Å². The molecule has 0 aromatic heterocycles. The second-order valence-electron chi connectivity index (χ2n) is 4.94. The van der Waals surface area contributed by atoms with Crippen LogP contribution < -0.4 is 5.48 Å². The van der Waals surface area contributed by atoms with Crippen molar-refractivity contribution in [3.63, 3.8) is 0 Å². The third-order valence-electron chi connectivity index (χ3n) is 3.22. The van der Waals surface area contributed by atoms with E-state index in [1.54, 1.807) is 11.9 Å². The summed E-state index contributed by atoms with van der Waals surface area (Å²) in [7, 11) is -2.10. The molecule has 0 rings (SSSR count). The third-order valence-corrected chi connectivity index (χ3v) is 5.24. The Morgan fingerprint density at radius 3 is 2.30 bits per heavy atom. The van der Waals surface area contributed by atoms with Crippen LogP contribution in [0.15, 0.2) is 24.6 Å².